The molecule has 0 radical (unpaired) electrons. The summed E-state index contributed by atoms with van der Waals surface area (Å²) in [6.07, 6.45) is 3.31. The van der Waals surface area contributed by atoms with Crippen LogP contribution in [-0.2, 0) is 6.54 Å². The second kappa shape index (κ2) is 5.80. The van der Waals surface area contributed by atoms with Crippen LogP contribution in [0.4, 0.5) is 5.69 Å². The van der Waals surface area contributed by atoms with Gasteiger partial charge in [-0.15, -0.1) is 0 Å². The van der Waals surface area contributed by atoms with Gasteiger partial charge in [0.2, 0.25) is 5.22 Å². The molecule has 3 aromatic rings. The molecule has 0 bridgehead atoms. The summed E-state index contributed by atoms with van der Waals surface area (Å²) >= 11 is 5.58. The van der Waals surface area contributed by atoms with Crippen molar-refractivity contribution in [2.45, 2.75) is 6.54 Å². The molecule has 2 aromatic heterocycles. The molecule has 0 aliphatic carbocycles. The second-order valence-corrected chi connectivity index (χ2v) is 4.76. The molecule has 1 amide bonds. The molecule has 21 heavy (non-hydrogen) atoms. The van der Waals surface area contributed by atoms with Crippen molar-refractivity contribution < 1.29 is 9.32 Å². The number of anilines is 1. The Morgan fingerprint density at radius 3 is 2.86 bits per heavy atom. The van der Waals surface area contributed by atoms with Crippen LogP contribution >= 0.6 is 11.6 Å². The number of aromatic nitrogens is 3. The molecule has 6 nitrogen and oxygen atoms in total. The number of halogens is 1. The highest BCUT2D eigenvalue weighted by Gasteiger charge is 2.12. The Bertz CT molecular complexity index is 751. The van der Waals surface area contributed by atoms with Gasteiger partial charge in [-0.25, -0.2) is 0 Å². The predicted molar refractivity (Wildman–Crippen MR) is 77.2 cm³/mol. The molecular formula is C14H11ClN4O2. The predicted octanol–water partition coefficient (Wildman–Crippen LogP) is 2.83. The molecule has 1 aromatic carbocycles. The van der Waals surface area contributed by atoms with E-state index in [1.807, 2.05) is 30.3 Å². The van der Waals surface area contributed by atoms with Gasteiger partial charge in [-0.3, -0.25) is 9.48 Å². The maximum Gasteiger partial charge on any atom is 0.277 e. The van der Waals surface area contributed by atoms with Crippen LogP contribution in [0.1, 0.15) is 16.1 Å². The number of hydrogen-bond acceptors (Lipinski definition) is 4. The van der Waals surface area contributed by atoms with Crippen molar-refractivity contribution in [2.24, 2.45) is 0 Å². The fraction of sp³-hybridized carbons (Fsp3) is 0.0714. The zero-order chi connectivity index (χ0) is 14.7. The van der Waals surface area contributed by atoms with E-state index >= 15 is 0 Å². The van der Waals surface area contributed by atoms with Gasteiger partial charge >= 0.3 is 0 Å². The highest BCUT2D eigenvalue weighted by molar-refractivity contribution is 6.29. The van der Waals surface area contributed by atoms with Crippen molar-refractivity contribution in [3.63, 3.8) is 0 Å². The van der Waals surface area contributed by atoms with Gasteiger partial charge in [-0.1, -0.05) is 35.5 Å². The number of nitrogens with one attached hydrogen (secondary N) is 1. The first kappa shape index (κ1) is 13.4. The zero-order valence-electron chi connectivity index (χ0n) is 10.9. The van der Waals surface area contributed by atoms with Crippen LogP contribution in [0.5, 0.6) is 0 Å². The number of hydrogen-bond donors (Lipinski definition) is 1. The van der Waals surface area contributed by atoms with Crippen LogP contribution in [0, 0.1) is 0 Å². The first-order valence-corrected chi connectivity index (χ1v) is 6.58. The van der Waals surface area contributed by atoms with Crippen LogP contribution in [0.25, 0.3) is 0 Å². The lowest BCUT2D eigenvalue weighted by Gasteiger charge is -2.01. The number of carbonyl (C=O) groups excluding carboxylic acids is 1. The number of amides is 1. The molecule has 0 aliphatic rings. The summed E-state index contributed by atoms with van der Waals surface area (Å²) in [7, 11) is 0. The number of carbonyl (C=O) groups is 1. The number of benzene rings is 1. The van der Waals surface area contributed by atoms with E-state index in [4.69, 9.17) is 11.6 Å². The first-order valence-electron chi connectivity index (χ1n) is 6.20. The second-order valence-electron chi connectivity index (χ2n) is 4.38. The summed E-state index contributed by atoms with van der Waals surface area (Å²) < 4.78 is 6.38. The number of nitrogens with zero attached hydrogens (tertiary/aromatic N) is 3. The van der Waals surface area contributed by atoms with Crippen molar-refractivity contribution in [2.75, 3.05) is 5.32 Å². The van der Waals surface area contributed by atoms with Gasteiger partial charge in [0.1, 0.15) is 0 Å². The molecule has 0 fully saturated rings. The lowest BCUT2D eigenvalue weighted by atomic mass is 10.2. The van der Waals surface area contributed by atoms with Gasteiger partial charge in [0.05, 0.1) is 18.4 Å². The number of rotatable bonds is 4. The third-order valence-electron chi connectivity index (χ3n) is 2.79. The fourth-order valence-electron chi connectivity index (χ4n) is 1.84. The normalized spacial score (nSPS) is 10.5. The Kier molecular flexibility index (Phi) is 3.70. The Morgan fingerprint density at radius 1 is 1.33 bits per heavy atom. The topological polar surface area (TPSA) is 73.0 Å². The van der Waals surface area contributed by atoms with E-state index in [2.05, 4.69) is 20.1 Å². The van der Waals surface area contributed by atoms with Gasteiger partial charge in [0.15, 0.2) is 5.69 Å². The molecule has 0 aliphatic heterocycles. The van der Waals surface area contributed by atoms with E-state index in [1.54, 1.807) is 17.1 Å². The van der Waals surface area contributed by atoms with Gasteiger partial charge in [0.25, 0.3) is 5.91 Å². The monoisotopic (exact) mass is 302 g/mol. The molecule has 2 heterocycles. The summed E-state index contributed by atoms with van der Waals surface area (Å²) in [6, 6.07) is 11.3. The molecule has 0 saturated heterocycles. The highest BCUT2D eigenvalue weighted by Crippen LogP contribution is 2.13. The third-order valence-corrected chi connectivity index (χ3v) is 2.97. The minimum Gasteiger partial charge on any atom is -0.344 e. The van der Waals surface area contributed by atoms with Crippen LogP contribution in [-0.4, -0.2) is 20.8 Å². The van der Waals surface area contributed by atoms with Crippen molar-refractivity contribution >= 4 is 23.2 Å². The Morgan fingerprint density at radius 2 is 2.14 bits per heavy atom. The largest absolute Gasteiger partial charge is 0.344 e. The lowest BCUT2D eigenvalue weighted by Crippen LogP contribution is -2.11. The molecule has 0 spiro atoms. The standard InChI is InChI=1S/C14H11ClN4O2/c15-13-6-12(18-21-13)14(20)17-11-7-16-19(9-11)8-10-4-2-1-3-5-10/h1-7,9H,8H2,(H,17,20). The Labute approximate surface area is 125 Å². The van der Waals surface area contributed by atoms with E-state index in [0.29, 0.717) is 12.2 Å². The van der Waals surface area contributed by atoms with Crippen molar-refractivity contribution in [1.82, 2.24) is 14.9 Å². The lowest BCUT2D eigenvalue weighted by molar-refractivity contribution is 0.101. The van der Waals surface area contributed by atoms with Crippen LogP contribution in [0.2, 0.25) is 5.22 Å². The first-order chi connectivity index (χ1) is 10.2. The van der Waals surface area contributed by atoms with E-state index < -0.39 is 5.91 Å². The molecule has 106 valence electrons. The van der Waals surface area contributed by atoms with Crippen molar-refractivity contribution in [3.05, 3.63) is 65.3 Å². The van der Waals surface area contributed by atoms with Gasteiger partial charge in [-0.2, -0.15) is 5.10 Å². The molecule has 7 heteroatoms. The maximum absolute atomic E-state index is 11.9. The van der Waals surface area contributed by atoms with E-state index in [0.717, 1.165) is 5.56 Å². The van der Waals surface area contributed by atoms with Gasteiger partial charge < -0.3 is 9.84 Å². The van der Waals surface area contributed by atoms with E-state index in [9.17, 15) is 4.79 Å². The summed E-state index contributed by atoms with van der Waals surface area (Å²) in [5, 5.41) is 10.5. The van der Waals surface area contributed by atoms with Crippen molar-refractivity contribution in [1.29, 1.82) is 0 Å². The van der Waals surface area contributed by atoms with Crippen LogP contribution < -0.4 is 5.32 Å². The SMILES string of the molecule is O=C(Nc1cnn(Cc2ccccc2)c1)c1cc(Cl)on1. The summed E-state index contributed by atoms with van der Waals surface area (Å²) in [6.45, 7) is 0.631. The van der Waals surface area contributed by atoms with Crippen molar-refractivity contribution in [3.8, 4) is 0 Å². The van der Waals surface area contributed by atoms with Crippen LogP contribution in [0.3, 0.4) is 0 Å². The smallest absolute Gasteiger partial charge is 0.277 e. The van der Waals surface area contributed by atoms with Crippen LogP contribution in [0.15, 0.2) is 53.3 Å². The molecular weight excluding hydrogens is 292 g/mol. The highest BCUT2D eigenvalue weighted by atomic mass is 35.5. The summed E-state index contributed by atoms with van der Waals surface area (Å²) in [5.41, 5.74) is 1.83. The molecule has 0 saturated carbocycles. The molecule has 3 rings (SSSR count). The molecule has 0 unspecified atom stereocenters. The third kappa shape index (κ3) is 3.29. The van der Waals surface area contributed by atoms with Gasteiger partial charge in [0, 0.05) is 12.3 Å². The maximum atomic E-state index is 11.9. The average Bonchev–Trinajstić information content (AvgIpc) is 3.09. The fourth-order valence-corrected chi connectivity index (χ4v) is 1.98. The quantitative estimate of drug-likeness (QED) is 0.804. The zero-order valence-corrected chi connectivity index (χ0v) is 11.6. The minimum absolute atomic E-state index is 0.0694. The van der Waals surface area contributed by atoms with E-state index in [-0.39, 0.29) is 10.9 Å². The van der Waals surface area contributed by atoms with Gasteiger partial charge in [-0.05, 0) is 17.2 Å². The summed E-state index contributed by atoms with van der Waals surface area (Å²) in [4.78, 5) is 11.9. The molecule has 1 N–H and O–H groups in total. The Balaban J connectivity index is 1.66. The Hall–Kier alpha value is -2.60. The average molecular weight is 303 g/mol. The summed E-state index contributed by atoms with van der Waals surface area (Å²) in [5.74, 6) is -0.398. The van der Waals surface area contributed by atoms with E-state index in [1.165, 1.54) is 6.07 Å². The minimum atomic E-state index is -0.398. The molecule has 0 atom stereocenters.